The molecule has 1 aliphatic rings. The molecule has 1 amide bonds. The molecule has 1 fully saturated rings. The Kier molecular flexibility index (Phi) is 3.98. The molecule has 0 radical (unpaired) electrons. The number of hydrogen-bond acceptors (Lipinski definition) is 4. The van der Waals surface area contributed by atoms with Crippen LogP contribution < -0.4 is 10.5 Å². The monoisotopic (exact) mass is 302 g/mol. The first-order chi connectivity index (χ1) is 8.80. The van der Waals surface area contributed by atoms with E-state index < -0.39 is 10.0 Å². The molecular weight excluding hydrogens is 284 g/mol. The minimum absolute atomic E-state index is 0.0629. The maximum atomic E-state index is 12.0. The quantitative estimate of drug-likeness (QED) is 0.863. The SMILES string of the molecule is Cc1c(C(=O)NCC(C)C2CC2)csc1S(N)(=O)=O. The molecule has 1 aromatic heterocycles. The van der Waals surface area contributed by atoms with E-state index in [1.807, 2.05) is 0 Å². The Morgan fingerprint density at radius 1 is 1.58 bits per heavy atom. The van der Waals surface area contributed by atoms with Crippen LogP contribution in [0.25, 0.3) is 0 Å². The van der Waals surface area contributed by atoms with Gasteiger partial charge in [-0.25, -0.2) is 13.6 Å². The van der Waals surface area contributed by atoms with Crippen LogP contribution in [0.5, 0.6) is 0 Å². The number of carbonyl (C=O) groups excluding carboxylic acids is 1. The van der Waals surface area contributed by atoms with Crippen molar-refractivity contribution in [1.82, 2.24) is 5.32 Å². The molecule has 0 bridgehead atoms. The largest absolute Gasteiger partial charge is 0.352 e. The van der Waals surface area contributed by atoms with Crippen molar-refractivity contribution in [2.45, 2.75) is 30.9 Å². The average molecular weight is 302 g/mol. The number of nitrogens with two attached hydrogens (primary N) is 1. The molecule has 1 atom stereocenters. The average Bonchev–Trinajstić information content (AvgIpc) is 3.07. The second kappa shape index (κ2) is 5.22. The van der Waals surface area contributed by atoms with E-state index in [9.17, 15) is 13.2 Å². The summed E-state index contributed by atoms with van der Waals surface area (Å²) in [4.78, 5) is 12.0. The molecule has 1 unspecified atom stereocenters. The Labute approximate surface area is 117 Å². The number of thiophene rings is 1. The van der Waals surface area contributed by atoms with E-state index in [1.165, 1.54) is 12.8 Å². The van der Waals surface area contributed by atoms with Crippen LogP contribution in [0.2, 0.25) is 0 Å². The number of hydrogen-bond donors (Lipinski definition) is 2. The van der Waals surface area contributed by atoms with Gasteiger partial charge in [0.05, 0.1) is 5.56 Å². The predicted molar refractivity (Wildman–Crippen MR) is 74.7 cm³/mol. The van der Waals surface area contributed by atoms with E-state index >= 15 is 0 Å². The fraction of sp³-hybridized carbons (Fsp3) is 0.583. The summed E-state index contributed by atoms with van der Waals surface area (Å²) in [5.41, 5.74) is 0.834. The van der Waals surface area contributed by atoms with Crippen molar-refractivity contribution < 1.29 is 13.2 Å². The fourth-order valence-corrected chi connectivity index (χ4v) is 4.10. The Morgan fingerprint density at radius 2 is 2.21 bits per heavy atom. The normalized spacial score (nSPS) is 17.2. The van der Waals surface area contributed by atoms with Crippen molar-refractivity contribution in [2.75, 3.05) is 6.54 Å². The fourth-order valence-electron chi connectivity index (χ4n) is 2.08. The van der Waals surface area contributed by atoms with Crippen molar-refractivity contribution in [2.24, 2.45) is 17.0 Å². The standard InChI is InChI=1S/C12H18N2O3S2/c1-7(9-3-4-9)5-14-11(15)10-6-18-12(8(10)2)19(13,16)17/h6-7,9H,3-5H2,1-2H3,(H,14,15)(H2,13,16,17). The van der Waals surface area contributed by atoms with Crippen LogP contribution in [0.4, 0.5) is 0 Å². The predicted octanol–water partition coefficient (Wildman–Crippen LogP) is 1.48. The van der Waals surface area contributed by atoms with Crippen LogP contribution in [-0.2, 0) is 10.0 Å². The van der Waals surface area contributed by atoms with E-state index in [2.05, 4.69) is 12.2 Å². The Morgan fingerprint density at radius 3 is 2.68 bits per heavy atom. The first-order valence-electron chi connectivity index (χ1n) is 6.19. The molecule has 1 aromatic rings. The van der Waals surface area contributed by atoms with Crippen LogP contribution in [-0.4, -0.2) is 20.9 Å². The Balaban J connectivity index is 2.05. The molecule has 2 rings (SSSR count). The summed E-state index contributed by atoms with van der Waals surface area (Å²) in [6, 6.07) is 0. The zero-order chi connectivity index (χ0) is 14.2. The van der Waals surface area contributed by atoms with Gasteiger partial charge in [-0.2, -0.15) is 0 Å². The third-order valence-electron chi connectivity index (χ3n) is 3.51. The lowest BCUT2D eigenvalue weighted by atomic mass is 10.1. The van der Waals surface area contributed by atoms with Crippen LogP contribution in [0.1, 0.15) is 35.7 Å². The van der Waals surface area contributed by atoms with Gasteiger partial charge in [0, 0.05) is 11.9 Å². The minimum atomic E-state index is -3.74. The van der Waals surface area contributed by atoms with Gasteiger partial charge in [-0.05, 0) is 37.2 Å². The highest BCUT2D eigenvalue weighted by atomic mass is 32.2. The highest BCUT2D eigenvalue weighted by molar-refractivity contribution is 7.91. The number of rotatable bonds is 5. The smallest absolute Gasteiger partial charge is 0.252 e. The summed E-state index contributed by atoms with van der Waals surface area (Å²) in [6.07, 6.45) is 2.48. The second-order valence-corrected chi connectivity index (χ2v) is 7.77. The van der Waals surface area contributed by atoms with Gasteiger partial charge in [0.25, 0.3) is 5.91 Å². The third-order valence-corrected chi connectivity index (χ3v) is 6.19. The highest BCUT2D eigenvalue weighted by Crippen LogP contribution is 2.36. The molecular formula is C12H18N2O3S2. The van der Waals surface area contributed by atoms with Gasteiger partial charge in [-0.1, -0.05) is 6.92 Å². The van der Waals surface area contributed by atoms with Gasteiger partial charge in [-0.3, -0.25) is 4.79 Å². The summed E-state index contributed by atoms with van der Waals surface area (Å²) < 4.78 is 22.7. The molecule has 0 aromatic carbocycles. The number of amides is 1. The molecule has 7 heteroatoms. The molecule has 1 saturated carbocycles. The summed E-state index contributed by atoms with van der Waals surface area (Å²) in [5.74, 6) is 0.973. The van der Waals surface area contributed by atoms with E-state index in [4.69, 9.17) is 5.14 Å². The van der Waals surface area contributed by atoms with Gasteiger partial charge in [0.1, 0.15) is 4.21 Å². The van der Waals surface area contributed by atoms with E-state index in [0.29, 0.717) is 23.6 Å². The molecule has 106 valence electrons. The van der Waals surface area contributed by atoms with Crippen LogP contribution >= 0.6 is 11.3 Å². The van der Waals surface area contributed by atoms with Gasteiger partial charge < -0.3 is 5.32 Å². The van der Waals surface area contributed by atoms with Crippen molar-refractivity contribution in [3.05, 3.63) is 16.5 Å². The van der Waals surface area contributed by atoms with Gasteiger partial charge >= 0.3 is 0 Å². The zero-order valence-electron chi connectivity index (χ0n) is 11.0. The highest BCUT2D eigenvalue weighted by Gasteiger charge is 2.28. The summed E-state index contributed by atoms with van der Waals surface area (Å²) in [5, 5.41) is 9.50. The van der Waals surface area contributed by atoms with Crippen molar-refractivity contribution in [1.29, 1.82) is 0 Å². The van der Waals surface area contributed by atoms with Gasteiger partial charge in [0.2, 0.25) is 10.0 Å². The van der Waals surface area contributed by atoms with Gasteiger partial charge in [0.15, 0.2) is 0 Å². The maximum absolute atomic E-state index is 12.0. The maximum Gasteiger partial charge on any atom is 0.252 e. The lowest BCUT2D eigenvalue weighted by molar-refractivity contribution is 0.0946. The summed E-state index contributed by atoms with van der Waals surface area (Å²) >= 11 is 0.991. The first kappa shape index (κ1) is 14.5. The van der Waals surface area contributed by atoms with Crippen LogP contribution in [0, 0.1) is 18.8 Å². The van der Waals surface area contributed by atoms with E-state index in [-0.39, 0.29) is 10.1 Å². The molecule has 3 N–H and O–H groups in total. The number of primary sulfonamides is 1. The molecule has 0 aliphatic heterocycles. The van der Waals surface area contributed by atoms with Crippen molar-refractivity contribution in [3.63, 3.8) is 0 Å². The number of sulfonamides is 1. The second-order valence-electron chi connectivity index (χ2n) is 5.13. The van der Waals surface area contributed by atoms with E-state index in [0.717, 1.165) is 17.3 Å². The molecule has 1 heterocycles. The Bertz CT molecular complexity index is 588. The molecule has 5 nitrogen and oxygen atoms in total. The third kappa shape index (κ3) is 3.34. The molecule has 0 spiro atoms. The molecule has 19 heavy (non-hydrogen) atoms. The van der Waals surface area contributed by atoms with Gasteiger partial charge in [-0.15, -0.1) is 11.3 Å². The molecule has 0 saturated heterocycles. The first-order valence-corrected chi connectivity index (χ1v) is 8.62. The van der Waals surface area contributed by atoms with Crippen LogP contribution in [0.15, 0.2) is 9.59 Å². The lowest BCUT2D eigenvalue weighted by Gasteiger charge is -2.11. The summed E-state index contributed by atoms with van der Waals surface area (Å²) in [7, 11) is -3.74. The van der Waals surface area contributed by atoms with Crippen LogP contribution in [0.3, 0.4) is 0 Å². The lowest BCUT2D eigenvalue weighted by Crippen LogP contribution is -2.29. The molecule has 1 aliphatic carbocycles. The van der Waals surface area contributed by atoms with E-state index in [1.54, 1.807) is 12.3 Å². The number of nitrogens with one attached hydrogen (secondary N) is 1. The van der Waals surface area contributed by atoms with Crippen molar-refractivity contribution in [3.8, 4) is 0 Å². The number of carbonyl (C=O) groups is 1. The van der Waals surface area contributed by atoms with Crippen molar-refractivity contribution >= 4 is 27.3 Å². The zero-order valence-corrected chi connectivity index (χ0v) is 12.6. The topological polar surface area (TPSA) is 89.3 Å². The summed E-state index contributed by atoms with van der Waals surface area (Å²) in [6.45, 7) is 4.35. The Hall–Kier alpha value is -0.920. The minimum Gasteiger partial charge on any atom is -0.352 e.